The number of nitrogens with two attached hydrogens (primary N) is 1. The van der Waals surface area contributed by atoms with Crippen LogP contribution in [-0.2, 0) is 0 Å². The number of rotatable bonds is 2. The summed E-state index contributed by atoms with van der Waals surface area (Å²) in [6, 6.07) is 5.83. The molecule has 0 fully saturated rings. The lowest BCUT2D eigenvalue weighted by atomic mass is 10.2. The van der Waals surface area contributed by atoms with Gasteiger partial charge in [-0.2, -0.15) is 0 Å². The van der Waals surface area contributed by atoms with Crippen molar-refractivity contribution in [1.82, 2.24) is 4.98 Å². The Balaban J connectivity index is 2.96. The van der Waals surface area contributed by atoms with Gasteiger partial charge < -0.3 is 5.73 Å². The third kappa shape index (κ3) is 1.88. The predicted octanol–water partition coefficient (Wildman–Crippen LogP) is 1.36. The van der Waals surface area contributed by atoms with Crippen LogP contribution in [0.5, 0.6) is 0 Å². The summed E-state index contributed by atoms with van der Waals surface area (Å²) >= 11 is 0. The lowest BCUT2D eigenvalue weighted by molar-refractivity contribution is 1.14. The van der Waals surface area contributed by atoms with Crippen LogP contribution in [0.1, 0.15) is 11.4 Å². The van der Waals surface area contributed by atoms with Gasteiger partial charge in [0.1, 0.15) is 0 Å². The van der Waals surface area contributed by atoms with Gasteiger partial charge in [-0.05, 0) is 24.6 Å². The van der Waals surface area contributed by atoms with E-state index in [0.29, 0.717) is 6.54 Å². The zero-order valence-electron chi connectivity index (χ0n) is 6.67. The first-order valence-electron chi connectivity index (χ1n) is 3.56. The second kappa shape index (κ2) is 3.30. The van der Waals surface area contributed by atoms with Crippen LogP contribution in [0, 0.1) is 6.92 Å². The van der Waals surface area contributed by atoms with Crippen LogP contribution in [-0.4, -0.2) is 11.5 Å². The van der Waals surface area contributed by atoms with Crippen molar-refractivity contribution in [3.05, 3.63) is 36.2 Å². The van der Waals surface area contributed by atoms with E-state index < -0.39 is 0 Å². The van der Waals surface area contributed by atoms with Crippen LogP contribution in [0.4, 0.5) is 0 Å². The van der Waals surface area contributed by atoms with E-state index >= 15 is 0 Å². The summed E-state index contributed by atoms with van der Waals surface area (Å²) < 4.78 is 0. The van der Waals surface area contributed by atoms with Gasteiger partial charge in [-0.1, -0.05) is 12.6 Å². The van der Waals surface area contributed by atoms with E-state index in [-0.39, 0.29) is 0 Å². The normalized spacial score (nSPS) is 9.64. The number of aryl methyl sites for hydroxylation is 1. The Labute approximate surface area is 66.8 Å². The standard InChI is InChI=1S/C9H12N2/c1-7(6-10)9-5-3-4-8(2)11-9/h3-5H,1,6,10H2,2H3. The average molecular weight is 148 g/mol. The molecule has 0 aromatic carbocycles. The molecule has 1 aromatic rings. The largest absolute Gasteiger partial charge is 0.326 e. The van der Waals surface area contributed by atoms with Crippen molar-refractivity contribution in [1.29, 1.82) is 0 Å². The summed E-state index contributed by atoms with van der Waals surface area (Å²) in [7, 11) is 0. The van der Waals surface area contributed by atoms with Crippen molar-refractivity contribution in [3.8, 4) is 0 Å². The molecule has 0 atom stereocenters. The SMILES string of the molecule is C=C(CN)c1cccc(C)n1. The Bertz CT molecular complexity index is 266. The maximum absolute atomic E-state index is 5.41. The van der Waals surface area contributed by atoms with Gasteiger partial charge in [0.2, 0.25) is 0 Å². The lowest BCUT2D eigenvalue weighted by Gasteiger charge is -2.01. The molecule has 0 aliphatic rings. The zero-order valence-corrected chi connectivity index (χ0v) is 6.67. The molecule has 0 amide bonds. The molecule has 1 aromatic heterocycles. The number of pyridine rings is 1. The van der Waals surface area contributed by atoms with E-state index in [1.807, 2.05) is 25.1 Å². The van der Waals surface area contributed by atoms with Crippen molar-refractivity contribution in [3.63, 3.8) is 0 Å². The molecule has 58 valence electrons. The van der Waals surface area contributed by atoms with Gasteiger partial charge in [0.05, 0.1) is 5.69 Å². The molecule has 1 rings (SSSR count). The summed E-state index contributed by atoms with van der Waals surface area (Å²) in [5.41, 5.74) is 8.19. The molecule has 0 unspecified atom stereocenters. The Hall–Kier alpha value is -1.15. The highest BCUT2D eigenvalue weighted by atomic mass is 14.7. The first-order valence-corrected chi connectivity index (χ1v) is 3.56. The lowest BCUT2D eigenvalue weighted by Crippen LogP contribution is -2.02. The quantitative estimate of drug-likeness (QED) is 0.687. The molecule has 2 N–H and O–H groups in total. The molecule has 1 heterocycles. The Morgan fingerprint density at radius 3 is 2.91 bits per heavy atom. The molecule has 0 radical (unpaired) electrons. The molecule has 2 heteroatoms. The minimum Gasteiger partial charge on any atom is -0.326 e. The molecule has 0 bridgehead atoms. The highest BCUT2D eigenvalue weighted by Gasteiger charge is 1.96. The molecule has 11 heavy (non-hydrogen) atoms. The van der Waals surface area contributed by atoms with Crippen LogP contribution in [0.3, 0.4) is 0 Å². The average Bonchev–Trinajstić information content (AvgIpc) is 2.03. The molecule has 0 saturated carbocycles. The molecular weight excluding hydrogens is 136 g/mol. The highest BCUT2D eigenvalue weighted by molar-refractivity contribution is 5.61. The summed E-state index contributed by atoms with van der Waals surface area (Å²) in [6.45, 7) is 6.22. The van der Waals surface area contributed by atoms with Gasteiger partial charge >= 0.3 is 0 Å². The van der Waals surface area contributed by atoms with Gasteiger partial charge in [-0.3, -0.25) is 4.98 Å². The second-order valence-electron chi connectivity index (χ2n) is 2.47. The fraction of sp³-hybridized carbons (Fsp3) is 0.222. The molecule has 2 nitrogen and oxygen atoms in total. The van der Waals surface area contributed by atoms with E-state index in [0.717, 1.165) is 17.0 Å². The summed E-state index contributed by atoms with van der Waals surface area (Å²) in [4.78, 5) is 4.26. The van der Waals surface area contributed by atoms with Crippen LogP contribution in [0.25, 0.3) is 5.57 Å². The first-order chi connectivity index (χ1) is 5.24. The minimum atomic E-state index is 0.469. The highest BCUT2D eigenvalue weighted by Crippen LogP contribution is 2.07. The van der Waals surface area contributed by atoms with E-state index in [1.54, 1.807) is 0 Å². The van der Waals surface area contributed by atoms with Gasteiger partial charge in [-0.15, -0.1) is 0 Å². The molecule has 0 spiro atoms. The number of aromatic nitrogens is 1. The van der Waals surface area contributed by atoms with Gasteiger partial charge in [0.25, 0.3) is 0 Å². The van der Waals surface area contributed by atoms with Crippen LogP contribution in [0.2, 0.25) is 0 Å². The fourth-order valence-electron chi connectivity index (χ4n) is 0.845. The molecule has 0 saturated heterocycles. The van der Waals surface area contributed by atoms with Crippen molar-refractivity contribution >= 4 is 5.57 Å². The smallest absolute Gasteiger partial charge is 0.0671 e. The minimum absolute atomic E-state index is 0.469. The Morgan fingerprint density at radius 2 is 2.36 bits per heavy atom. The summed E-state index contributed by atoms with van der Waals surface area (Å²) in [5, 5.41) is 0. The Morgan fingerprint density at radius 1 is 1.64 bits per heavy atom. The van der Waals surface area contributed by atoms with Gasteiger partial charge in [-0.25, -0.2) is 0 Å². The third-order valence-electron chi connectivity index (χ3n) is 1.50. The maximum atomic E-state index is 5.41. The van der Waals surface area contributed by atoms with E-state index in [1.165, 1.54) is 0 Å². The van der Waals surface area contributed by atoms with E-state index in [9.17, 15) is 0 Å². The van der Waals surface area contributed by atoms with Crippen LogP contribution < -0.4 is 5.73 Å². The van der Waals surface area contributed by atoms with E-state index in [2.05, 4.69) is 11.6 Å². The zero-order chi connectivity index (χ0) is 8.27. The summed E-state index contributed by atoms with van der Waals surface area (Å²) in [6.07, 6.45) is 0. The molecular formula is C9H12N2. The topological polar surface area (TPSA) is 38.9 Å². The van der Waals surface area contributed by atoms with Gasteiger partial charge in [0.15, 0.2) is 0 Å². The number of hydrogen-bond acceptors (Lipinski definition) is 2. The number of hydrogen-bond donors (Lipinski definition) is 1. The fourth-order valence-corrected chi connectivity index (χ4v) is 0.845. The van der Waals surface area contributed by atoms with Crippen LogP contribution >= 0.6 is 0 Å². The molecule has 0 aliphatic carbocycles. The third-order valence-corrected chi connectivity index (χ3v) is 1.50. The predicted molar refractivity (Wildman–Crippen MR) is 47.1 cm³/mol. The van der Waals surface area contributed by atoms with E-state index in [4.69, 9.17) is 5.73 Å². The van der Waals surface area contributed by atoms with Crippen molar-refractivity contribution in [2.24, 2.45) is 5.73 Å². The maximum Gasteiger partial charge on any atom is 0.0671 e. The van der Waals surface area contributed by atoms with Crippen molar-refractivity contribution < 1.29 is 0 Å². The second-order valence-corrected chi connectivity index (χ2v) is 2.47. The van der Waals surface area contributed by atoms with Crippen molar-refractivity contribution in [2.45, 2.75) is 6.92 Å². The van der Waals surface area contributed by atoms with Gasteiger partial charge in [0, 0.05) is 12.2 Å². The molecule has 0 aliphatic heterocycles. The number of nitrogens with zero attached hydrogens (tertiary/aromatic N) is 1. The van der Waals surface area contributed by atoms with Crippen molar-refractivity contribution in [2.75, 3.05) is 6.54 Å². The Kier molecular flexibility index (Phi) is 2.39. The van der Waals surface area contributed by atoms with Crippen LogP contribution in [0.15, 0.2) is 24.8 Å². The monoisotopic (exact) mass is 148 g/mol. The first kappa shape index (κ1) is 7.95. The summed E-state index contributed by atoms with van der Waals surface area (Å²) in [5.74, 6) is 0.